The number of carbonyl (C=O) groups is 4. The second-order valence-corrected chi connectivity index (χ2v) is 6.18. The Morgan fingerprint density at radius 1 is 1.14 bits per heavy atom. The lowest BCUT2D eigenvalue weighted by atomic mass is 10.0. The summed E-state index contributed by atoms with van der Waals surface area (Å²) in [4.78, 5) is 50.0. The van der Waals surface area contributed by atoms with Gasteiger partial charge in [0, 0.05) is 11.8 Å². The molecule has 0 bridgehead atoms. The summed E-state index contributed by atoms with van der Waals surface area (Å²) in [5.74, 6) is -2.86. The molecule has 0 spiro atoms. The molecule has 0 radical (unpaired) electrons. The number of aryl methyl sites for hydroxylation is 1. The van der Waals surface area contributed by atoms with Gasteiger partial charge in [-0.25, -0.2) is 15.1 Å². The molecule has 9 nitrogen and oxygen atoms in total. The topological polar surface area (TPSA) is 117 Å². The number of nitrogens with one attached hydrogen (secondary N) is 2. The Bertz CT molecular complexity index is 1000. The number of para-hydroxylation sites is 1. The summed E-state index contributed by atoms with van der Waals surface area (Å²) in [6.07, 6.45) is 0.997. The zero-order valence-electron chi connectivity index (χ0n) is 15.7. The number of rotatable bonds is 5. The Morgan fingerprint density at radius 2 is 1.83 bits per heavy atom. The van der Waals surface area contributed by atoms with Crippen LogP contribution in [-0.2, 0) is 9.59 Å². The first-order valence-corrected chi connectivity index (χ1v) is 8.64. The lowest BCUT2D eigenvalue weighted by Crippen LogP contribution is -2.59. The number of anilines is 1. The molecule has 1 fully saturated rings. The third kappa shape index (κ3) is 4.13. The molecule has 2 aromatic rings. The number of nitrogens with zero attached hydrogens (tertiary/aromatic N) is 2. The predicted molar refractivity (Wildman–Crippen MR) is 105 cm³/mol. The van der Waals surface area contributed by atoms with Gasteiger partial charge in [-0.2, -0.15) is 5.10 Å². The van der Waals surface area contributed by atoms with E-state index in [9.17, 15) is 19.2 Å². The van der Waals surface area contributed by atoms with Gasteiger partial charge in [0.25, 0.3) is 11.8 Å². The van der Waals surface area contributed by atoms with Crippen molar-refractivity contribution < 1.29 is 23.9 Å². The summed E-state index contributed by atoms with van der Waals surface area (Å²) in [5, 5.41) is 5.84. The van der Waals surface area contributed by atoms with Crippen molar-refractivity contribution in [3.05, 3.63) is 59.7 Å². The lowest BCUT2D eigenvalue weighted by molar-refractivity contribution is -0.131. The van der Waals surface area contributed by atoms with E-state index < -0.39 is 29.7 Å². The van der Waals surface area contributed by atoms with Gasteiger partial charge >= 0.3 is 6.03 Å². The summed E-state index contributed by atoms with van der Waals surface area (Å²) >= 11 is 0. The van der Waals surface area contributed by atoms with Crippen LogP contribution in [0.25, 0.3) is 0 Å². The fourth-order valence-corrected chi connectivity index (χ4v) is 2.74. The number of hydrogen-bond acceptors (Lipinski definition) is 6. The molecule has 0 saturated carbocycles. The van der Waals surface area contributed by atoms with Crippen LogP contribution in [0.3, 0.4) is 0 Å². The highest BCUT2D eigenvalue weighted by molar-refractivity contribution is 6.32. The minimum Gasteiger partial charge on any atom is -0.497 e. The first-order valence-electron chi connectivity index (χ1n) is 8.64. The van der Waals surface area contributed by atoms with Crippen LogP contribution in [0.1, 0.15) is 15.9 Å². The number of hydrazone groups is 1. The number of imide groups is 2. The Morgan fingerprint density at radius 3 is 2.48 bits per heavy atom. The lowest BCUT2D eigenvalue weighted by Gasteiger charge is -2.29. The van der Waals surface area contributed by atoms with E-state index in [4.69, 9.17) is 4.74 Å². The van der Waals surface area contributed by atoms with Crippen molar-refractivity contribution >= 4 is 35.7 Å². The highest BCUT2D eigenvalue weighted by Crippen LogP contribution is 2.23. The molecule has 1 heterocycles. The maximum absolute atomic E-state index is 12.7. The molecule has 5 amide bonds. The molecule has 29 heavy (non-hydrogen) atoms. The van der Waals surface area contributed by atoms with Crippen molar-refractivity contribution in [2.24, 2.45) is 11.0 Å². The molecule has 148 valence electrons. The molecular weight excluding hydrogens is 376 g/mol. The van der Waals surface area contributed by atoms with Crippen LogP contribution in [-0.4, -0.2) is 37.1 Å². The molecule has 0 aromatic heterocycles. The molecule has 0 aliphatic carbocycles. The Hall–Kier alpha value is -4.01. The molecule has 2 aromatic carbocycles. The highest BCUT2D eigenvalue weighted by Gasteiger charge is 2.40. The number of carbonyl (C=O) groups excluding carboxylic acids is 4. The average Bonchev–Trinajstić information content (AvgIpc) is 2.71. The Kier molecular flexibility index (Phi) is 5.68. The molecule has 1 atom stereocenters. The summed E-state index contributed by atoms with van der Waals surface area (Å²) in [5.41, 5.74) is 3.63. The van der Waals surface area contributed by atoms with Gasteiger partial charge in [-0.15, -0.1) is 0 Å². The maximum Gasteiger partial charge on any atom is 0.335 e. The van der Waals surface area contributed by atoms with Crippen LogP contribution < -0.4 is 20.4 Å². The van der Waals surface area contributed by atoms with E-state index in [0.29, 0.717) is 22.6 Å². The van der Waals surface area contributed by atoms with E-state index in [2.05, 4.69) is 15.8 Å². The van der Waals surface area contributed by atoms with Gasteiger partial charge in [-0.3, -0.25) is 19.7 Å². The normalized spacial score (nSPS) is 16.7. The number of methoxy groups -OCH3 is 1. The number of hydrogen-bond donors (Lipinski definition) is 2. The van der Waals surface area contributed by atoms with Crippen molar-refractivity contribution in [1.82, 2.24) is 10.7 Å². The third-order valence-electron chi connectivity index (χ3n) is 4.30. The van der Waals surface area contributed by atoms with Crippen LogP contribution in [0.15, 0.2) is 53.6 Å². The van der Waals surface area contributed by atoms with Gasteiger partial charge in [0.05, 0.1) is 12.8 Å². The van der Waals surface area contributed by atoms with Crippen molar-refractivity contribution in [1.29, 1.82) is 0 Å². The summed E-state index contributed by atoms with van der Waals surface area (Å²) in [6, 6.07) is 12.3. The zero-order chi connectivity index (χ0) is 21.0. The number of urea groups is 1. The van der Waals surface area contributed by atoms with E-state index in [1.807, 2.05) is 0 Å². The largest absolute Gasteiger partial charge is 0.497 e. The minimum absolute atomic E-state index is 0.319. The monoisotopic (exact) mass is 394 g/mol. The highest BCUT2D eigenvalue weighted by atomic mass is 16.5. The van der Waals surface area contributed by atoms with Gasteiger partial charge in [0.2, 0.25) is 5.91 Å². The molecular formula is C20H18N4O5. The number of amides is 5. The molecule has 1 aliphatic rings. The van der Waals surface area contributed by atoms with Crippen molar-refractivity contribution in [3.63, 3.8) is 0 Å². The standard InChI is InChI=1S/C20H18N4O5/c1-12-5-3-4-6-16(12)24-19(27)15(18(26)22-20(24)28)11-21-23-17(25)13-7-9-14(29-2)10-8-13/h3-11,15H,1-2H3,(H,23,25)(H,22,26,28)/b21-11-/t15-/m1/s1. The first-order chi connectivity index (χ1) is 13.9. The molecule has 9 heteroatoms. The van der Waals surface area contributed by atoms with E-state index in [1.165, 1.54) is 7.11 Å². The van der Waals surface area contributed by atoms with Gasteiger partial charge in [0.1, 0.15) is 5.75 Å². The molecule has 3 rings (SSSR count). The van der Waals surface area contributed by atoms with Crippen LogP contribution >= 0.6 is 0 Å². The first kappa shape index (κ1) is 19.7. The summed E-state index contributed by atoms with van der Waals surface area (Å²) < 4.78 is 5.02. The SMILES string of the molecule is COc1ccc(C(=O)N/N=C\[C@@H]2C(=O)NC(=O)N(c3ccccc3C)C2=O)cc1. The molecule has 2 N–H and O–H groups in total. The van der Waals surface area contributed by atoms with Crippen LogP contribution in [0.4, 0.5) is 10.5 Å². The van der Waals surface area contributed by atoms with Crippen LogP contribution in [0.2, 0.25) is 0 Å². The summed E-state index contributed by atoms with van der Waals surface area (Å²) in [7, 11) is 1.51. The van der Waals surface area contributed by atoms with Crippen LogP contribution in [0.5, 0.6) is 5.75 Å². The van der Waals surface area contributed by atoms with Gasteiger partial charge in [-0.1, -0.05) is 18.2 Å². The zero-order valence-corrected chi connectivity index (χ0v) is 15.7. The van der Waals surface area contributed by atoms with E-state index in [-0.39, 0.29) is 0 Å². The Balaban J connectivity index is 1.74. The van der Waals surface area contributed by atoms with E-state index in [0.717, 1.165) is 11.1 Å². The second kappa shape index (κ2) is 8.34. The fourth-order valence-electron chi connectivity index (χ4n) is 2.74. The number of barbiturate groups is 1. The Labute approximate surface area is 166 Å². The van der Waals surface area contributed by atoms with Gasteiger partial charge in [-0.05, 0) is 42.8 Å². The van der Waals surface area contributed by atoms with Crippen molar-refractivity contribution in [2.75, 3.05) is 12.0 Å². The van der Waals surface area contributed by atoms with Gasteiger partial charge in [0.15, 0.2) is 5.92 Å². The molecule has 0 unspecified atom stereocenters. The number of ether oxygens (including phenoxy) is 1. The predicted octanol–water partition coefficient (Wildman–Crippen LogP) is 1.62. The summed E-state index contributed by atoms with van der Waals surface area (Å²) in [6.45, 7) is 1.74. The smallest absolute Gasteiger partial charge is 0.335 e. The minimum atomic E-state index is -1.36. The average molecular weight is 394 g/mol. The van der Waals surface area contributed by atoms with Gasteiger partial charge < -0.3 is 4.74 Å². The fraction of sp³-hybridized carbons (Fsp3) is 0.150. The van der Waals surface area contributed by atoms with Crippen molar-refractivity contribution in [2.45, 2.75) is 6.92 Å². The van der Waals surface area contributed by atoms with Crippen molar-refractivity contribution in [3.8, 4) is 5.75 Å². The van der Waals surface area contributed by atoms with E-state index >= 15 is 0 Å². The van der Waals surface area contributed by atoms with E-state index in [1.54, 1.807) is 55.5 Å². The molecule has 1 saturated heterocycles. The second-order valence-electron chi connectivity index (χ2n) is 6.18. The quantitative estimate of drug-likeness (QED) is 0.454. The molecule has 1 aliphatic heterocycles. The van der Waals surface area contributed by atoms with Crippen LogP contribution in [0, 0.1) is 12.8 Å². The number of benzene rings is 2. The third-order valence-corrected chi connectivity index (χ3v) is 4.30. The maximum atomic E-state index is 12.7.